The van der Waals surface area contributed by atoms with E-state index in [-0.39, 0.29) is 0 Å². The van der Waals surface area contributed by atoms with Gasteiger partial charge in [0.25, 0.3) is 5.91 Å². The molecule has 10 heteroatoms. The van der Waals surface area contributed by atoms with Crippen LogP contribution in [0.3, 0.4) is 0 Å². The predicted octanol–water partition coefficient (Wildman–Crippen LogP) is 4.56. The van der Waals surface area contributed by atoms with Gasteiger partial charge >= 0.3 is 6.18 Å². The lowest BCUT2D eigenvalue weighted by Gasteiger charge is -2.37. The van der Waals surface area contributed by atoms with Gasteiger partial charge in [-0.05, 0) is 31.2 Å². The number of aromatic nitrogens is 3. The number of benzene rings is 1. The second kappa shape index (κ2) is 8.18. The third-order valence-corrected chi connectivity index (χ3v) is 6.67. The first kappa shape index (κ1) is 22.8. The summed E-state index contributed by atoms with van der Waals surface area (Å²) in [5.41, 5.74) is 4.54. The fraction of sp³-hybridized carbons (Fsp3) is 0.261. The number of halogens is 3. The van der Waals surface area contributed by atoms with Crippen LogP contribution in [0.25, 0.3) is 10.6 Å². The van der Waals surface area contributed by atoms with Crippen LogP contribution in [0.5, 0.6) is 0 Å². The van der Waals surface area contributed by atoms with Crippen molar-refractivity contribution >= 4 is 17.2 Å². The van der Waals surface area contributed by atoms with Gasteiger partial charge in [-0.25, -0.2) is 9.97 Å². The van der Waals surface area contributed by atoms with Gasteiger partial charge in [-0.3, -0.25) is 4.79 Å². The van der Waals surface area contributed by atoms with Crippen molar-refractivity contribution in [3.63, 3.8) is 0 Å². The minimum atomic E-state index is -4.38. The molecule has 2 atom stereocenters. The van der Waals surface area contributed by atoms with E-state index in [1.807, 2.05) is 18.4 Å². The number of amides is 1. The molecule has 33 heavy (non-hydrogen) atoms. The molecule has 2 N–H and O–H groups in total. The number of alkyl halides is 3. The minimum absolute atomic E-state index is 0.457. The van der Waals surface area contributed by atoms with E-state index >= 15 is 0 Å². The lowest BCUT2D eigenvalue weighted by atomic mass is 9.75. The van der Waals surface area contributed by atoms with Gasteiger partial charge in [-0.2, -0.15) is 13.2 Å². The van der Waals surface area contributed by atoms with E-state index in [9.17, 15) is 18.0 Å². The van der Waals surface area contributed by atoms with E-state index in [4.69, 9.17) is 10.5 Å². The molecule has 1 amide bonds. The summed E-state index contributed by atoms with van der Waals surface area (Å²) in [5, 5.41) is 2.49. The number of carbonyl (C=O) groups is 1. The van der Waals surface area contributed by atoms with Crippen molar-refractivity contribution in [3.8, 4) is 10.6 Å². The zero-order valence-corrected chi connectivity index (χ0v) is 18.7. The summed E-state index contributed by atoms with van der Waals surface area (Å²) in [6, 6.07) is 4.93. The van der Waals surface area contributed by atoms with Crippen molar-refractivity contribution in [1.29, 1.82) is 0 Å². The summed E-state index contributed by atoms with van der Waals surface area (Å²) in [6.07, 6.45) is 6.07. The summed E-state index contributed by atoms with van der Waals surface area (Å²) in [4.78, 5) is 21.0. The van der Waals surface area contributed by atoms with E-state index in [0.717, 1.165) is 17.8 Å². The molecule has 0 aliphatic heterocycles. The Balaban J connectivity index is 1.60. The second-order valence-corrected chi connectivity index (χ2v) is 8.88. The standard InChI is InChI=1S/C23H21F3N4O2S/c1-21(7-8-22(20(27)31,12-18(21)32-2)30-10-9-28-14-30)11-17-13-33-19(29-17)15-3-5-16(6-4-15)23(24,25)26/h3-10,12-14H,11H2,1-2H3,(H2,27,31). The normalized spacial score (nSPS) is 22.8. The third kappa shape index (κ3) is 4.18. The third-order valence-electron chi connectivity index (χ3n) is 5.72. The van der Waals surface area contributed by atoms with Gasteiger partial charge < -0.3 is 15.0 Å². The molecule has 1 aliphatic rings. The Labute approximate surface area is 192 Å². The number of imidazole rings is 1. The molecule has 4 rings (SSSR count). The maximum atomic E-state index is 12.8. The van der Waals surface area contributed by atoms with Crippen LogP contribution in [0.2, 0.25) is 0 Å². The van der Waals surface area contributed by atoms with Crippen molar-refractivity contribution in [2.45, 2.75) is 25.1 Å². The molecule has 6 nitrogen and oxygen atoms in total. The van der Waals surface area contributed by atoms with Crippen LogP contribution >= 0.6 is 11.3 Å². The highest BCUT2D eigenvalue weighted by atomic mass is 32.1. The molecular weight excluding hydrogens is 453 g/mol. The molecule has 2 heterocycles. The number of primary amides is 1. The second-order valence-electron chi connectivity index (χ2n) is 8.02. The molecule has 2 aromatic heterocycles. The highest BCUT2D eigenvalue weighted by molar-refractivity contribution is 7.13. The maximum Gasteiger partial charge on any atom is 0.416 e. The SMILES string of the molecule is COC1=CC(C(N)=O)(n2ccnc2)C=CC1(C)Cc1csc(-c2ccc(C(F)(F)F)cc2)n1. The van der Waals surface area contributed by atoms with Crippen LogP contribution in [0.1, 0.15) is 18.2 Å². The monoisotopic (exact) mass is 474 g/mol. The van der Waals surface area contributed by atoms with Crippen molar-refractivity contribution in [3.05, 3.63) is 83.6 Å². The maximum absolute atomic E-state index is 12.8. The van der Waals surface area contributed by atoms with Gasteiger partial charge in [0, 0.05) is 35.2 Å². The van der Waals surface area contributed by atoms with Gasteiger partial charge in [0.15, 0.2) is 5.54 Å². The number of ether oxygens (including phenoxy) is 1. The van der Waals surface area contributed by atoms with E-state index < -0.39 is 28.6 Å². The average molecular weight is 475 g/mol. The van der Waals surface area contributed by atoms with Crippen molar-refractivity contribution < 1.29 is 22.7 Å². The lowest BCUT2D eigenvalue weighted by molar-refractivity contribution is -0.137. The quantitative estimate of drug-likeness (QED) is 0.531. The molecular formula is C23H21F3N4O2S. The molecule has 3 aromatic rings. The number of hydrogen-bond acceptors (Lipinski definition) is 5. The zero-order valence-electron chi connectivity index (χ0n) is 17.8. The number of nitrogens with zero attached hydrogens (tertiary/aromatic N) is 3. The fourth-order valence-corrected chi connectivity index (χ4v) is 4.69. The Morgan fingerprint density at radius 1 is 1.24 bits per heavy atom. The van der Waals surface area contributed by atoms with Gasteiger partial charge in [0.05, 0.1) is 24.7 Å². The average Bonchev–Trinajstić information content (AvgIpc) is 3.46. The summed E-state index contributed by atoms with van der Waals surface area (Å²) in [7, 11) is 1.53. The Morgan fingerprint density at radius 2 is 1.97 bits per heavy atom. The van der Waals surface area contributed by atoms with E-state index in [1.165, 1.54) is 36.9 Å². The number of allylic oxidation sites excluding steroid dienone is 1. The zero-order chi connectivity index (χ0) is 23.9. The number of methoxy groups -OCH3 is 1. The smallest absolute Gasteiger partial charge is 0.416 e. The number of nitrogens with two attached hydrogens (primary N) is 1. The van der Waals surface area contributed by atoms with Crippen LogP contribution in [0.15, 0.2) is 72.4 Å². The van der Waals surface area contributed by atoms with Crippen molar-refractivity contribution in [2.24, 2.45) is 11.1 Å². The highest BCUT2D eigenvalue weighted by Crippen LogP contribution is 2.42. The van der Waals surface area contributed by atoms with Gasteiger partial charge in [-0.15, -0.1) is 11.3 Å². The number of carbonyl (C=O) groups excluding carboxylic acids is 1. The molecule has 1 aliphatic carbocycles. The van der Waals surface area contributed by atoms with Crippen molar-refractivity contribution in [2.75, 3.05) is 7.11 Å². The minimum Gasteiger partial charge on any atom is -0.500 e. The van der Waals surface area contributed by atoms with Crippen molar-refractivity contribution in [1.82, 2.24) is 14.5 Å². The molecule has 0 bridgehead atoms. The van der Waals surface area contributed by atoms with Crippen LogP contribution in [-0.2, 0) is 27.7 Å². The topological polar surface area (TPSA) is 83.0 Å². The van der Waals surface area contributed by atoms with Crippen LogP contribution in [0.4, 0.5) is 13.2 Å². The lowest BCUT2D eigenvalue weighted by Crippen LogP contribution is -2.46. The highest BCUT2D eigenvalue weighted by Gasteiger charge is 2.43. The Bertz CT molecular complexity index is 1220. The van der Waals surface area contributed by atoms with Gasteiger partial charge in [-0.1, -0.05) is 18.2 Å². The fourth-order valence-electron chi connectivity index (χ4n) is 3.86. The summed E-state index contributed by atoms with van der Waals surface area (Å²) < 4.78 is 45.7. The van der Waals surface area contributed by atoms with E-state index in [0.29, 0.717) is 22.8 Å². The summed E-state index contributed by atoms with van der Waals surface area (Å²) in [6.45, 7) is 1.95. The largest absolute Gasteiger partial charge is 0.500 e. The first-order valence-electron chi connectivity index (χ1n) is 9.95. The van der Waals surface area contributed by atoms with Crippen LogP contribution in [-0.4, -0.2) is 27.6 Å². The molecule has 2 unspecified atom stereocenters. The van der Waals surface area contributed by atoms with E-state index in [1.54, 1.807) is 29.1 Å². The van der Waals surface area contributed by atoms with Crippen LogP contribution in [0, 0.1) is 5.41 Å². The van der Waals surface area contributed by atoms with Crippen LogP contribution < -0.4 is 5.73 Å². The first-order valence-corrected chi connectivity index (χ1v) is 10.8. The summed E-state index contributed by atoms with van der Waals surface area (Å²) in [5.74, 6) is -0.0341. The Morgan fingerprint density at radius 3 is 2.55 bits per heavy atom. The Hall–Kier alpha value is -3.40. The molecule has 0 spiro atoms. The molecule has 0 saturated heterocycles. The molecule has 0 radical (unpaired) electrons. The number of rotatable bonds is 6. The summed E-state index contributed by atoms with van der Waals surface area (Å²) >= 11 is 1.35. The Kier molecular flexibility index (Phi) is 5.65. The van der Waals surface area contributed by atoms with Gasteiger partial charge in [0.1, 0.15) is 10.8 Å². The first-order chi connectivity index (χ1) is 15.6. The van der Waals surface area contributed by atoms with E-state index in [2.05, 4.69) is 9.97 Å². The molecule has 1 aromatic carbocycles. The molecule has 0 fully saturated rings. The predicted molar refractivity (Wildman–Crippen MR) is 118 cm³/mol. The number of thiazole rings is 1. The number of hydrogen-bond donors (Lipinski definition) is 1. The molecule has 0 saturated carbocycles. The molecule has 172 valence electrons. The van der Waals surface area contributed by atoms with Gasteiger partial charge in [0.2, 0.25) is 0 Å².